The first-order valence-electron chi connectivity index (χ1n) is 37.6. The van der Waals surface area contributed by atoms with Crippen LogP contribution in [-0.2, 0) is 17.6 Å². The first kappa shape index (κ1) is 79.0. The van der Waals surface area contributed by atoms with Crippen LogP contribution in [0.5, 0.6) is 0 Å². The molecule has 4 aliphatic heterocycles. The number of aryl methyl sites for hydroxylation is 2. The van der Waals surface area contributed by atoms with Gasteiger partial charge in [-0.25, -0.2) is 15.9 Å². The summed E-state index contributed by atoms with van der Waals surface area (Å²) in [5.41, 5.74) is 16.3. The van der Waals surface area contributed by atoms with Gasteiger partial charge in [0.15, 0.2) is 11.6 Å². The molecule has 0 spiro atoms. The molecule has 0 atom stereocenters. The molecule has 111 heavy (non-hydrogen) atoms. The van der Waals surface area contributed by atoms with Crippen LogP contribution >= 0.6 is 0 Å². The Morgan fingerprint density at radius 3 is 1.51 bits per heavy atom. The molecule has 4 aliphatic rings. The summed E-state index contributed by atoms with van der Waals surface area (Å²) in [5, 5.41) is 57.3. The number of likely N-dealkylation sites (tertiary alicyclic amines) is 1. The fourth-order valence-corrected chi connectivity index (χ4v) is 14.3. The van der Waals surface area contributed by atoms with Gasteiger partial charge in [-0.3, -0.25) is 63.9 Å². The van der Waals surface area contributed by atoms with Crippen molar-refractivity contribution in [1.82, 2.24) is 62.0 Å². The standard InChI is InChI=1S/C24H25N5O4.C24H27N3O2.C21H21N3O2.C17H19N3O3/c1-24(5-8-25-9-6-24)23(33)29-21-12-18(4-7-26-21)28-22(32)16-3-2-15-10-17(20(31)14-30)13-27-19(15)11-16;1-27-11-9-19(10-12-27)20-4-2-3-17(13-20)5-6-18-7-8-21-15-22(24(28)26-29)16-25-23(21)14-18;25-21(24-26)19-11-18-5-4-17(12-20(18)23-13-19)16-3-1-2-15(10-16)14-6-8-22-9-7-14;21-10-16(22)13-7-11-1-2-12(8-15(11)19-9-13)17(23)20-14-3-5-18-6-4-14/h2-4,7,10-13,25,30H,5-6,8-9,14H2,1H3,(H2,26,28,29,32,33);2-4,7-8,13-16,19,29H,5-6,9-12H2,1H3,(H,26,28);1-5,10-14,22,26H,6-9H2,(H,24,25);1-2,7-9,14,18,21H,3-6,10H2,(H,20,23). The Kier molecular flexibility index (Phi) is 26.9. The summed E-state index contributed by atoms with van der Waals surface area (Å²) in [4.78, 5) is 108. The number of fused-ring (bicyclic) bond motifs is 4. The summed E-state index contributed by atoms with van der Waals surface area (Å²) in [6.07, 6.45) is 17.5. The number of pyridine rings is 5. The van der Waals surface area contributed by atoms with E-state index in [9.17, 15) is 33.6 Å². The molecule has 0 bridgehead atoms. The van der Waals surface area contributed by atoms with Crippen LogP contribution in [0.3, 0.4) is 0 Å². The van der Waals surface area contributed by atoms with Crippen molar-refractivity contribution in [3.63, 3.8) is 0 Å². The summed E-state index contributed by atoms with van der Waals surface area (Å²) in [6.45, 7) is 8.80. The maximum absolute atomic E-state index is 12.8. The molecule has 11 aromatic rings. The van der Waals surface area contributed by atoms with Crippen LogP contribution in [0.1, 0.15) is 155 Å². The summed E-state index contributed by atoms with van der Waals surface area (Å²) in [7, 11) is 2.20. The van der Waals surface area contributed by atoms with Crippen molar-refractivity contribution in [2.24, 2.45) is 5.41 Å². The van der Waals surface area contributed by atoms with Crippen LogP contribution < -0.4 is 42.9 Å². The number of nitrogens with one attached hydrogen (secondary N) is 8. The number of carbonyl (C=O) groups excluding carboxylic acids is 7. The lowest BCUT2D eigenvalue weighted by atomic mass is 9.80. The molecule has 15 rings (SSSR count). The number of hydrogen-bond acceptors (Lipinski definition) is 20. The van der Waals surface area contributed by atoms with Crippen molar-refractivity contribution in [1.29, 1.82) is 0 Å². The normalized spacial score (nSPS) is 15.3. The quantitative estimate of drug-likeness (QED) is 0.0216. The predicted octanol–water partition coefficient (Wildman–Crippen LogP) is 10.7. The number of hydroxylamine groups is 2. The maximum Gasteiger partial charge on any atom is 0.276 e. The molecular weight excluding hydrogens is 1410 g/mol. The Morgan fingerprint density at radius 1 is 0.450 bits per heavy atom. The van der Waals surface area contributed by atoms with Crippen molar-refractivity contribution in [2.45, 2.75) is 89.0 Å². The van der Waals surface area contributed by atoms with Crippen LogP contribution in [0.15, 0.2) is 189 Å². The zero-order valence-electron chi connectivity index (χ0n) is 62.1. The lowest BCUT2D eigenvalue weighted by molar-refractivity contribution is -0.126. The number of hydrogen-bond donors (Lipinski definition) is 12. The number of aliphatic hydroxyl groups is 2. The molecule has 12 N–H and O–H groups in total. The van der Waals surface area contributed by atoms with Crippen molar-refractivity contribution >= 4 is 96.2 Å². The number of aliphatic hydroxyl groups excluding tert-OH is 2. The Hall–Kier alpha value is -11.5. The Morgan fingerprint density at radius 2 is 0.928 bits per heavy atom. The molecule has 5 amide bonds. The van der Waals surface area contributed by atoms with Crippen LogP contribution in [0, 0.1) is 5.41 Å². The molecule has 25 nitrogen and oxygen atoms in total. The van der Waals surface area contributed by atoms with E-state index in [0.29, 0.717) is 73.1 Å². The van der Waals surface area contributed by atoms with E-state index < -0.39 is 36.2 Å². The fraction of sp³-hybridized carbons (Fsp3) is 0.302. The van der Waals surface area contributed by atoms with E-state index in [1.165, 1.54) is 97.6 Å². The number of ketones is 2. The highest BCUT2D eigenvalue weighted by Gasteiger charge is 2.35. The molecule has 4 saturated heterocycles. The summed E-state index contributed by atoms with van der Waals surface area (Å²) >= 11 is 0. The molecule has 0 radical (unpaired) electrons. The van der Waals surface area contributed by atoms with Crippen molar-refractivity contribution < 1.29 is 54.2 Å². The summed E-state index contributed by atoms with van der Waals surface area (Å²) < 4.78 is 0. The fourth-order valence-electron chi connectivity index (χ4n) is 14.3. The van der Waals surface area contributed by atoms with Crippen molar-refractivity contribution in [2.75, 3.05) is 83.3 Å². The molecule has 4 fully saturated rings. The minimum absolute atomic E-state index is 0.0837. The van der Waals surface area contributed by atoms with Gasteiger partial charge in [0.2, 0.25) is 5.91 Å². The van der Waals surface area contributed by atoms with Gasteiger partial charge in [0.05, 0.1) is 33.2 Å². The number of aromatic nitrogens is 5. The van der Waals surface area contributed by atoms with E-state index in [0.717, 1.165) is 111 Å². The molecule has 0 saturated carbocycles. The van der Waals surface area contributed by atoms with Gasteiger partial charge >= 0.3 is 0 Å². The monoisotopic (exact) mass is 1500 g/mol. The topological polar surface area (TPSA) is 364 Å². The molecule has 25 heteroatoms. The van der Waals surface area contributed by atoms with Gasteiger partial charge < -0.3 is 47.0 Å². The van der Waals surface area contributed by atoms with E-state index in [1.807, 2.05) is 31.2 Å². The molecule has 6 aromatic carbocycles. The number of carbonyl (C=O) groups is 7. The highest BCUT2D eigenvalue weighted by atomic mass is 16.5. The van der Waals surface area contributed by atoms with E-state index in [1.54, 1.807) is 83.8 Å². The van der Waals surface area contributed by atoms with Crippen LogP contribution in [0.25, 0.3) is 54.7 Å². The number of Topliss-reactive ketones (excluding diaryl/α,β-unsaturated/α-hetero) is 2. The Bertz CT molecular complexity index is 5190. The van der Waals surface area contributed by atoms with E-state index in [-0.39, 0.29) is 29.5 Å². The molecule has 572 valence electrons. The largest absolute Gasteiger partial charge is 0.388 e. The lowest BCUT2D eigenvalue weighted by Gasteiger charge is -2.32. The number of amides is 5. The molecular formula is C86H92N14O11. The SMILES string of the molecule is CC1(C(=O)Nc2cc(NC(=O)c3ccc4cc(C(=O)CO)cnc4c3)ccn2)CCNCC1.CN1CCC(c2cccc(CCc3ccc4cc(C(=O)NO)cnc4c3)c2)CC1.O=C(CO)c1cnc2cc(C(=O)NC3CCNCC3)ccc2c1.O=C(NO)c1cnc2cc(-c3cccc(C4CCNCC4)c3)ccc2c1. The average molecular weight is 1500 g/mol. The Labute approximate surface area is 642 Å². The zero-order chi connectivity index (χ0) is 77.8. The maximum atomic E-state index is 12.8. The first-order valence-corrected chi connectivity index (χ1v) is 37.6. The minimum atomic E-state index is -0.585. The van der Waals surface area contributed by atoms with Gasteiger partial charge in [-0.2, -0.15) is 0 Å². The van der Waals surface area contributed by atoms with E-state index in [4.69, 9.17) is 20.6 Å². The lowest BCUT2D eigenvalue weighted by Crippen LogP contribution is -2.42. The van der Waals surface area contributed by atoms with Crippen LogP contribution in [0.2, 0.25) is 0 Å². The molecule has 0 unspecified atom stereocenters. The zero-order valence-corrected chi connectivity index (χ0v) is 62.1. The van der Waals surface area contributed by atoms with Crippen molar-refractivity contribution in [3.8, 4) is 11.1 Å². The number of benzene rings is 6. The second kappa shape index (κ2) is 37.7. The minimum Gasteiger partial charge on any atom is -0.388 e. The second-order valence-corrected chi connectivity index (χ2v) is 28.8. The molecule has 0 aliphatic carbocycles. The second-order valence-electron chi connectivity index (χ2n) is 28.8. The third kappa shape index (κ3) is 20.9. The smallest absolute Gasteiger partial charge is 0.276 e. The number of anilines is 2. The Balaban J connectivity index is 0.000000139. The number of nitrogens with zero attached hydrogens (tertiary/aromatic N) is 6. The van der Waals surface area contributed by atoms with E-state index >= 15 is 0 Å². The van der Waals surface area contributed by atoms with E-state index in [2.05, 4.69) is 129 Å². The van der Waals surface area contributed by atoms with Crippen molar-refractivity contribution in [3.05, 3.63) is 244 Å². The summed E-state index contributed by atoms with van der Waals surface area (Å²) in [5.74, 6) is -0.743. The van der Waals surface area contributed by atoms with Gasteiger partial charge in [0.25, 0.3) is 23.6 Å². The number of piperidine rings is 4. The van der Waals surface area contributed by atoms with Crippen LogP contribution in [0.4, 0.5) is 11.5 Å². The van der Waals surface area contributed by atoms with Gasteiger partial charge in [0, 0.05) is 98.0 Å². The highest BCUT2D eigenvalue weighted by Crippen LogP contribution is 2.34. The number of rotatable bonds is 18. The van der Waals surface area contributed by atoms with Gasteiger partial charge in [-0.05, 0) is 236 Å². The molecule has 9 heterocycles. The third-order valence-corrected chi connectivity index (χ3v) is 21.0. The molecule has 5 aromatic heterocycles. The summed E-state index contributed by atoms with van der Waals surface area (Å²) in [6, 6.07) is 50.4. The first-order chi connectivity index (χ1) is 53.9. The third-order valence-electron chi connectivity index (χ3n) is 21.0. The van der Waals surface area contributed by atoms with Gasteiger partial charge in [0.1, 0.15) is 19.0 Å². The van der Waals surface area contributed by atoms with Gasteiger partial charge in [-0.1, -0.05) is 91.9 Å². The van der Waals surface area contributed by atoms with Crippen LogP contribution in [-0.4, -0.2) is 170 Å². The predicted molar refractivity (Wildman–Crippen MR) is 426 cm³/mol. The van der Waals surface area contributed by atoms with Gasteiger partial charge in [-0.15, -0.1) is 0 Å². The average Bonchev–Trinajstić information content (AvgIpc) is 0.827. The highest BCUT2D eigenvalue weighted by molar-refractivity contribution is 6.08.